The molecule has 3 unspecified atom stereocenters. The van der Waals surface area contributed by atoms with Crippen molar-refractivity contribution in [2.75, 3.05) is 13.7 Å². The van der Waals surface area contributed by atoms with Crippen LogP contribution in [0.1, 0.15) is 13.3 Å². The van der Waals surface area contributed by atoms with Crippen LogP contribution in [0.5, 0.6) is 0 Å². The zero-order valence-electron chi connectivity index (χ0n) is 9.79. The van der Waals surface area contributed by atoms with E-state index in [0.29, 0.717) is 0 Å². The molecule has 0 saturated carbocycles. The van der Waals surface area contributed by atoms with Crippen LogP contribution in [0.25, 0.3) is 0 Å². The molecule has 0 heterocycles. The van der Waals surface area contributed by atoms with Crippen LogP contribution in [0.2, 0.25) is 0 Å². The molecule has 0 bridgehead atoms. The molecule has 1 rings (SSSR count). The van der Waals surface area contributed by atoms with Gasteiger partial charge in [-0.05, 0) is 13.3 Å². The van der Waals surface area contributed by atoms with Crippen LogP contribution in [-0.4, -0.2) is 44.5 Å². The van der Waals surface area contributed by atoms with Gasteiger partial charge in [-0.15, -0.1) is 0 Å². The van der Waals surface area contributed by atoms with Gasteiger partial charge in [-0.25, -0.2) is 13.1 Å². The molecule has 17 heavy (non-hydrogen) atoms. The summed E-state index contributed by atoms with van der Waals surface area (Å²) in [5, 5.41) is 8.11. The second kappa shape index (κ2) is 5.61. The summed E-state index contributed by atoms with van der Waals surface area (Å²) in [4.78, 5) is 10.7. The lowest BCUT2D eigenvalue weighted by Crippen LogP contribution is -2.40. The van der Waals surface area contributed by atoms with E-state index in [-0.39, 0.29) is 13.0 Å². The molecule has 1 aliphatic rings. The van der Waals surface area contributed by atoms with E-state index in [9.17, 15) is 13.2 Å². The average Bonchev–Trinajstić information content (AvgIpc) is 2.66. The standard InChI is InChI=1S/C10H17NO5S/c1-7(6-16-2)17(14,15)11-9-4-3-8(5-9)10(12)13/h3-4,7-9,11H,5-6H2,1-2H3,(H,12,13). The molecule has 0 spiro atoms. The number of ether oxygens (including phenoxy) is 1. The lowest BCUT2D eigenvalue weighted by Gasteiger charge is -2.16. The van der Waals surface area contributed by atoms with E-state index in [1.54, 1.807) is 13.0 Å². The van der Waals surface area contributed by atoms with E-state index in [4.69, 9.17) is 9.84 Å². The molecule has 0 saturated heterocycles. The van der Waals surface area contributed by atoms with Crippen molar-refractivity contribution in [1.29, 1.82) is 0 Å². The molecule has 7 heteroatoms. The molecule has 0 fully saturated rings. The molecule has 3 atom stereocenters. The summed E-state index contributed by atoms with van der Waals surface area (Å²) in [6.07, 6.45) is 3.35. The normalized spacial score (nSPS) is 26.0. The van der Waals surface area contributed by atoms with E-state index in [2.05, 4.69) is 4.72 Å². The number of aliphatic carboxylic acids is 1. The summed E-state index contributed by atoms with van der Waals surface area (Å²) in [5.74, 6) is -1.55. The number of sulfonamides is 1. The molecule has 0 amide bonds. The third kappa shape index (κ3) is 3.79. The Bertz CT molecular complexity index is 403. The first-order chi connectivity index (χ1) is 7.86. The van der Waals surface area contributed by atoms with Crippen LogP contribution >= 0.6 is 0 Å². The summed E-state index contributed by atoms with van der Waals surface area (Å²) >= 11 is 0. The van der Waals surface area contributed by atoms with Gasteiger partial charge in [0.05, 0.1) is 17.8 Å². The Kier molecular flexibility index (Phi) is 4.67. The number of nitrogens with one attached hydrogen (secondary N) is 1. The Morgan fingerprint density at radius 1 is 1.59 bits per heavy atom. The second-order valence-electron chi connectivity index (χ2n) is 4.10. The van der Waals surface area contributed by atoms with Gasteiger partial charge in [-0.2, -0.15) is 0 Å². The summed E-state index contributed by atoms with van der Waals surface area (Å²) in [6, 6.07) is -0.444. The molecule has 0 aliphatic heterocycles. The number of hydrogen-bond acceptors (Lipinski definition) is 4. The lowest BCUT2D eigenvalue weighted by atomic mass is 10.1. The summed E-state index contributed by atoms with van der Waals surface area (Å²) in [6.45, 7) is 1.65. The SMILES string of the molecule is COCC(C)S(=O)(=O)NC1C=CC(C(=O)O)C1. The first kappa shape index (κ1) is 14.1. The molecule has 6 nitrogen and oxygen atoms in total. The van der Waals surface area contributed by atoms with Crippen molar-refractivity contribution in [2.45, 2.75) is 24.6 Å². The van der Waals surface area contributed by atoms with Crippen LogP contribution in [-0.2, 0) is 19.6 Å². The maximum Gasteiger partial charge on any atom is 0.310 e. The number of carbonyl (C=O) groups is 1. The maximum absolute atomic E-state index is 11.8. The number of carboxylic acids is 1. The van der Waals surface area contributed by atoms with Crippen molar-refractivity contribution < 1.29 is 23.1 Å². The highest BCUT2D eigenvalue weighted by Crippen LogP contribution is 2.19. The topological polar surface area (TPSA) is 92.7 Å². The molecule has 0 aromatic carbocycles. The summed E-state index contributed by atoms with van der Waals surface area (Å²) in [7, 11) is -2.04. The van der Waals surface area contributed by atoms with Gasteiger partial charge in [0.15, 0.2) is 0 Å². The highest BCUT2D eigenvalue weighted by Gasteiger charge is 2.29. The Morgan fingerprint density at radius 3 is 2.71 bits per heavy atom. The van der Waals surface area contributed by atoms with Gasteiger partial charge in [-0.3, -0.25) is 4.79 Å². The number of methoxy groups -OCH3 is 1. The predicted octanol–water partition coefficient (Wildman–Crippen LogP) is -0.0300. The molecule has 1 aliphatic carbocycles. The highest BCUT2D eigenvalue weighted by atomic mass is 32.2. The zero-order valence-corrected chi connectivity index (χ0v) is 10.6. The second-order valence-corrected chi connectivity index (χ2v) is 6.23. The van der Waals surface area contributed by atoms with E-state index in [1.807, 2.05) is 0 Å². The summed E-state index contributed by atoms with van der Waals surface area (Å²) < 4.78 is 30.8. The Balaban J connectivity index is 2.57. The van der Waals surface area contributed by atoms with Gasteiger partial charge >= 0.3 is 5.97 Å². The molecule has 2 N–H and O–H groups in total. The van der Waals surface area contributed by atoms with Gasteiger partial charge in [0.2, 0.25) is 10.0 Å². The van der Waals surface area contributed by atoms with Gasteiger partial charge in [0, 0.05) is 13.2 Å². The van der Waals surface area contributed by atoms with Crippen LogP contribution in [0.3, 0.4) is 0 Å². The van der Waals surface area contributed by atoms with Crippen molar-refractivity contribution in [3.05, 3.63) is 12.2 Å². The fourth-order valence-corrected chi connectivity index (χ4v) is 2.77. The third-order valence-corrected chi connectivity index (χ3v) is 4.47. The predicted molar refractivity (Wildman–Crippen MR) is 62.1 cm³/mol. The average molecular weight is 263 g/mol. The van der Waals surface area contributed by atoms with Gasteiger partial charge in [0.1, 0.15) is 0 Å². The number of carboxylic acid groups (broad SMARTS) is 1. The van der Waals surface area contributed by atoms with Gasteiger partial charge < -0.3 is 9.84 Å². The van der Waals surface area contributed by atoms with Crippen LogP contribution in [0.15, 0.2) is 12.2 Å². The molecule has 0 aromatic rings. The highest BCUT2D eigenvalue weighted by molar-refractivity contribution is 7.90. The van der Waals surface area contributed by atoms with Gasteiger partial charge in [0.25, 0.3) is 0 Å². The number of hydrogen-bond donors (Lipinski definition) is 2. The Morgan fingerprint density at radius 2 is 2.24 bits per heavy atom. The lowest BCUT2D eigenvalue weighted by molar-refractivity contribution is -0.140. The minimum atomic E-state index is -3.47. The minimum absolute atomic E-state index is 0.105. The summed E-state index contributed by atoms with van der Waals surface area (Å²) in [5.41, 5.74) is 0. The fraction of sp³-hybridized carbons (Fsp3) is 0.700. The first-order valence-corrected chi connectivity index (χ1v) is 6.82. The fourth-order valence-electron chi connectivity index (χ4n) is 1.62. The molecular formula is C10H17NO5S. The number of rotatable bonds is 6. The molecule has 0 aromatic heterocycles. The molecule has 98 valence electrons. The van der Waals surface area contributed by atoms with E-state index < -0.39 is 33.2 Å². The van der Waals surface area contributed by atoms with Gasteiger partial charge in [-0.1, -0.05) is 12.2 Å². The van der Waals surface area contributed by atoms with Crippen LogP contribution < -0.4 is 4.72 Å². The van der Waals surface area contributed by atoms with E-state index >= 15 is 0 Å². The maximum atomic E-state index is 11.8. The first-order valence-electron chi connectivity index (χ1n) is 5.28. The Hall–Kier alpha value is -0.920. The van der Waals surface area contributed by atoms with E-state index in [0.717, 1.165) is 0 Å². The van der Waals surface area contributed by atoms with Crippen LogP contribution in [0.4, 0.5) is 0 Å². The monoisotopic (exact) mass is 263 g/mol. The zero-order chi connectivity index (χ0) is 13.1. The van der Waals surface area contributed by atoms with E-state index in [1.165, 1.54) is 13.2 Å². The Labute approximate surface area is 101 Å². The van der Waals surface area contributed by atoms with Crippen LogP contribution in [0, 0.1) is 5.92 Å². The smallest absolute Gasteiger partial charge is 0.310 e. The van der Waals surface area contributed by atoms with Crippen molar-refractivity contribution in [3.8, 4) is 0 Å². The van der Waals surface area contributed by atoms with Crippen molar-refractivity contribution in [2.24, 2.45) is 5.92 Å². The van der Waals surface area contributed by atoms with Crippen molar-refractivity contribution >= 4 is 16.0 Å². The third-order valence-electron chi connectivity index (χ3n) is 2.65. The molecular weight excluding hydrogens is 246 g/mol. The quantitative estimate of drug-likeness (QED) is 0.656. The molecule has 0 radical (unpaired) electrons. The minimum Gasteiger partial charge on any atom is -0.481 e. The van der Waals surface area contributed by atoms with Crippen molar-refractivity contribution in [1.82, 2.24) is 4.72 Å². The van der Waals surface area contributed by atoms with Crippen molar-refractivity contribution in [3.63, 3.8) is 0 Å². The largest absolute Gasteiger partial charge is 0.481 e.